The second kappa shape index (κ2) is 10.3. The van der Waals surface area contributed by atoms with Crippen LogP contribution in [-0.4, -0.2) is 67.0 Å². The van der Waals surface area contributed by atoms with Gasteiger partial charge in [-0.1, -0.05) is 13.0 Å². The van der Waals surface area contributed by atoms with E-state index in [0.29, 0.717) is 24.3 Å². The molecule has 1 aliphatic rings. The molecule has 4 amide bonds. The van der Waals surface area contributed by atoms with Crippen molar-refractivity contribution in [2.45, 2.75) is 46.1 Å². The van der Waals surface area contributed by atoms with Crippen molar-refractivity contribution in [1.29, 1.82) is 0 Å². The van der Waals surface area contributed by atoms with E-state index in [-0.39, 0.29) is 19.6 Å². The molecule has 1 fully saturated rings. The fourth-order valence-corrected chi connectivity index (χ4v) is 3.71. The number of aryl methyl sites for hydroxylation is 1. The number of nitrogens with zero attached hydrogens (tertiary/aromatic N) is 2. The van der Waals surface area contributed by atoms with Crippen LogP contribution in [0.25, 0.3) is 0 Å². The second-order valence-electron chi connectivity index (χ2n) is 7.29. The SMILES string of the molecule is CCOC(=O)CCN(CC)C(=O)CN1C(=O)NC(CC)(c2ccc(OC)c(C)c2)C1=O. The number of methoxy groups -OCH3 is 1. The van der Waals surface area contributed by atoms with Crippen molar-refractivity contribution in [3.63, 3.8) is 0 Å². The molecule has 2 rings (SSSR count). The van der Waals surface area contributed by atoms with Gasteiger partial charge in [-0.3, -0.25) is 19.3 Å². The van der Waals surface area contributed by atoms with Gasteiger partial charge in [-0.15, -0.1) is 0 Å². The van der Waals surface area contributed by atoms with Crippen molar-refractivity contribution in [2.75, 3.05) is 33.4 Å². The summed E-state index contributed by atoms with van der Waals surface area (Å²) in [7, 11) is 1.56. The second-order valence-corrected chi connectivity index (χ2v) is 7.29. The zero-order chi connectivity index (χ0) is 23.2. The molecule has 1 aromatic carbocycles. The van der Waals surface area contributed by atoms with Gasteiger partial charge in [-0.25, -0.2) is 4.79 Å². The third-order valence-corrected chi connectivity index (χ3v) is 5.51. The molecule has 0 saturated carbocycles. The normalized spacial score (nSPS) is 18.0. The van der Waals surface area contributed by atoms with E-state index in [1.54, 1.807) is 40.0 Å². The first-order valence-corrected chi connectivity index (χ1v) is 10.5. The first kappa shape index (κ1) is 24.2. The number of carbonyl (C=O) groups excluding carboxylic acids is 4. The van der Waals surface area contributed by atoms with Crippen LogP contribution in [0.1, 0.15) is 44.7 Å². The summed E-state index contributed by atoms with van der Waals surface area (Å²) in [4.78, 5) is 52.7. The average Bonchev–Trinajstić information content (AvgIpc) is 2.99. The maximum atomic E-state index is 13.3. The van der Waals surface area contributed by atoms with Crippen LogP contribution in [-0.2, 0) is 24.7 Å². The van der Waals surface area contributed by atoms with Gasteiger partial charge in [0.15, 0.2) is 0 Å². The predicted octanol–water partition coefficient (Wildman–Crippen LogP) is 1.96. The summed E-state index contributed by atoms with van der Waals surface area (Å²) in [5, 5.41) is 2.78. The lowest BCUT2D eigenvalue weighted by atomic mass is 9.86. The number of carbonyl (C=O) groups is 4. The number of urea groups is 1. The molecular weight excluding hydrogens is 402 g/mol. The van der Waals surface area contributed by atoms with Crippen molar-refractivity contribution >= 4 is 23.8 Å². The number of hydrogen-bond acceptors (Lipinski definition) is 6. The first-order chi connectivity index (χ1) is 14.7. The molecule has 1 aromatic rings. The quantitative estimate of drug-likeness (QED) is 0.447. The van der Waals surface area contributed by atoms with Gasteiger partial charge in [0.25, 0.3) is 5.91 Å². The highest BCUT2D eigenvalue weighted by molar-refractivity contribution is 6.09. The van der Waals surface area contributed by atoms with Gasteiger partial charge in [-0.05, 0) is 50.5 Å². The van der Waals surface area contributed by atoms with Gasteiger partial charge in [0, 0.05) is 13.1 Å². The summed E-state index contributed by atoms with van der Waals surface area (Å²) in [6, 6.07) is 4.69. The third-order valence-electron chi connectivity index (χ3n) is 5.51. The first-order valence-electron chi connectivity index (χ1n) is 10.5. The van der Waals surface area contributed by atoms with E-state index in [1.165, 1.54) is 4.90 Å². The number of likely N-dealkylation sites (N-methyl/N-ethyl adjacent to an activating group) is 1. The number of hydrogen-bond donors (Lipinski definition) is 1. The van der Waals surface area contributed by atoms with E-state index in [2.05, 4.69) is 5.32 Å². The van der Waals surface area contributed by atoms with Crippen molar-refractivity contribution in [2.24, 2.45) is 0 Å². The summed E-state index contributed by atoms with van der Waals surface area (Å²) >= 11 is 0. The Morgan fingerprint density at radius 2 is 1.90 bits per heavy atom. The fourth-order valence-electron chi connectivity index (χ4n) is 3.71. The average molecular weight is 434 g/mol. The van der Waals surface area contributed by atoms with Crippen molar-refractivity contribution in [1.82, 2.24) is 15.1 Å². The van der Waals surface area contributed by atoms with Crippen LogP contribution in [0, 0.1) is 6.92 Å². The number of imide groups is 1. The monoisotopic (exact) mass is 433 g/mol. The zero-order valence-electron chi connectivity index (χ0n) is 18.8. The molecular formula is C22H31N3O6. The van der Waals surface area contributed by atoms with Gasteiger partial charge >= 0.3 is 12.0 Å². The van der Waals surface area contributed by atoms with Crippen LogP contribution in [0.4, 0.5) is 4.79 Å². The van der Waals surface area contributed by atoms with E-state index < -0.39 is 35.9 Å². The number of rotatable bonds is 10. The molecule has 1 atom stereocenters. The van der Waals surface area contributed by atoms with Gasteiger partial charge in [0.1, 0.15) is 17.8 Å². The summed E-state index contributed by atoms with van der Waals surface area (Å²) < 4.78 is 10.2. The van der Waals surface area contributed by atoms with Crippen LogP contribution in [0.2, 0.25) is 0 Å². The molecule has 170 valence electrons. The van der Waals surface area contributed by atoms with E-state index >= 15 is 0 Å². The van der Waals surface area contributed by atoms with E-state index in [4.69, 9.17) is 9.47 Å². The Morgan fingerprint density at radius 1 is 1.19 bits per heavy atom. The Kier molecular flexibility index (Phi) is 8.01. The van der Waals surface area contributed by atoms with Crippen molar-refractivity contribution in [3.05, 3.63) is 29.3 Å². The minimum absolute atomic E-state index is 0.0532. The topological polar surface area (TPSA) is 105 Å². The molecule has 1 aliphatic heterocycles. The highest BCUT2D eigenvalue weighted by Crippen LogP contribution is 2.34. The molecule has 1 heterocycles. The number of esters is 1. The van der Waals surface area contributed by atoms with Gasteiger partial charge < -0.3 is 19.7 Å². The van der Waals surface area contributed by atoms with Gasteiger partial charge in [-0.2, -0.15) is 0 Å². The third kappa shape index (κ3) is 4.98. The van der Waals surface area contributed by atoms with Gasteiger partial charge in [0.05, 0.1) is 20.1 Å². The molecule has 9 nitrogen and oxygen atoms in total. The van der Waals surface area contributed by atoms with Gasteiger partial charge in [0.2, 0.25) is 5.91 Å². The number of amides is 4. The number of ether oxygens (including phenoxy) is 2. The highest BCUT2D eigenvalue weighted by Gasteiger charge is 2.52. The molecule has 0 bridgehead atoms. The Balaban J connectivity index is 2.18. The Labute approximate surface area is 182 Å². The maximum Gasteiger partial charge on any atom is 0.325 e. The highest BCUT2D eigenvalue weighted by atomic mass is 16.5. The Bertz CT molecular complexity index is 856. The summed E-state index contributed by atoms with van der Waals surface area (Å²) in [5.41, 5.74) is 0.230. The fraction of sp³-hybridized carbons (Fsp3) is 0.545. The van der Waals surface area contributed by atoms with E-state index in [1.807, 2.05) is 13.0 Å². The molecule has 0 radical (unpaired) electrons. The van der Waals surface area contributed by atoms with E-state index in [0.717, 1.165) is 10.5 Å². The lowest BCUT2D eigenvalue weighted by Crippen LogP contribution is -2.46. The van der Waals surface area contributed by atoms with E-state index in [9.17, 15) is 19.2 Å². The number of nitrogens with one attached hydrogen (secondary N) is 1. The minimum atomic E-state index is -1.24. The van der Waals surface area contributed by atoms with Crippen LogP contribution in [0.5, 0.6) is 5.75 Å². The molecule has 1 saturated heterocycles. The minimum Gasteiger partial charge on any atom is -0.496 e. The molecule has 1 N–H and O–H groups in total. The molecule has 0 spiro atoms. The molecule has 31 heavy (non-hydrogen) atoms. The van der Waals surface area contributed by atoms with Crippen molar-refractivity contribution in [3.8, 4) is 5.75 Å². The predicted molar refractivity (Wildman–Crippen MR) is 113 cm³/mol. The summed E-state index contributed by atoms with van der Waals surface area (Å²) in [6.45, 7) is 7.53. The molecule has 0 aliphatic carbocycles. The summed E-state index contributed by atoms with van der Waals surface area (Å²) in [5.74, 6) is -0.602. The number of benzene rings is 1. The van der Waals surface area contributed by atoms with Crippen molar-refractivity contribution < 1.29 is 28.7 Å². The maximum absolute atomic E-state index is 13.3. The van der Waals surface area contributed by atoms with Crippen LogP contribution in [0.15, 0.2) is 18.2 Å². The Morgan fingerprint density at radius 3 is 2.45 bits per heavy atom. The smallest absolute Gasteiger partial charge is 0.325 e. The Hall–Kier alpha value is -3.10. The lowest BCUT2D eigenvalue weighted by Gasteiger charge is -2.27. The summed E-state index contributed by atoms with van der Waals surface area (Å²) in [6.07, 6.45) is 0.381. The van der Waals surface area contributed by atoms with Crippen LogP contribution < -0.4 is 10.1 Å². The molecule has 0 aromatic heterocycles. The van der Waals surface area contributed by atoms with Crippen LogP contribution in [0.3, 0.4) is 0 Å². The largest absolute Gasteiger partial charge is 0.496 e. The van der Waals surface area contributed by atoms with Crippen LogP contribution >= 0.6 is 0 Å². The standard InChI is InChI=1S/C22H31N3O6/c1-6-22(16-9-10-17(30-5)15(4)13-16)20(28)25(21(29)23-22)14-18(26)24(7-2)12-11-19(27)31-8-3/h9-10,13H,6-8,11-12,14H2,1-5H3,(H,23,29). The molecule has 1 unspecified atom stereocenters. The zero-order valence-corrected chi connectivity index (χ0v) is 18.8. The molecule has 9 heteroatoms. The lowest BCUT2D eigenvalue weighted by molar-refractivity contribution is -0.145.